The van der Waals surface area contributed by atoms with E-state index in [-0.39, 0.29) is 0 Å². The highest BCUT2D eigenvalue weighted by molar-refractivity contribution is 5.65. The molecule has 0 bridgehead atoms. The molecule has 4 rings (SSSR count). The average Bonchev–Trinajstić information content (AvgIpc) is 3.18. The molecule has 3 aromatic rings. The molecule has 3 heterocycles. The van der Waals surface area contributed by atoms with E-state index in [1.165, 1.54) is 16.8 Å². The Morgan fingerprint density at radius 2 is 1.88 bits per heavy atom. The van der Waals surface area contributed by atoms with E-state index in [1.807, 2.05) is 24.4 Å². The van der Waals surface area contributed by atoms with Gasteiger partial charge < -0.3 is 4.90 Å². The first-order valence-electron chi connectivity index (χ1n) is 8.55. The van der Waals surface area contributed by atoms with Crippen molar-refractivity contribution < 1.29 is 0 Å². The number of pyridine rings is 1. The van der Waals surface area contributed by atoms with Crippen LogP contribution in [0.2, 0.25) is 0 Å². The molecule has 0 atom stereocenters. The van der Waals surface area contributed by atoms with Gasteiger partial charge in [-0.3, -0.25) is 5.10 Å². The number of benzene rings is 1. The third kappa shape index (κ3) is 2.99. The smallest absolute Gasteiger partial charge is 0.146 e. The van der Waals surface area contributed by atoms with Gasteiger partial charge in [-0.25, -0.2) is 4.98 Å². The maximum absolute atomic E-state index is 9.28. The van der Waals surface area contributed by atoms with E-state index in [0.29, 0.717) is 11.5 Å². The Labute approximate surface area is 146 Å². The Bertz CT molecular complexity index is 886. The molecule has 5 nitrogen and oxygen atoms in total. The summed E-state index contributed by atoms with van der Waals surface area (Å²) in [6.45, 7) is 1.78. The second-order valence-electron chi connectivity index (χ2n) is 6.31. The highest BCUT2D eigenvalue weighted by Gasteiger charge is 2.26. The summed E-state index contributed by atoms with van der Waals surface area (Å²) < 4.78 is 0. The predicted octanol–water partition coefficient (Wildman–Crippen LogP) is 3.73. The fourth-order valence-electron chi connectivity index (χ4n) is 3.57. The molecule has 0 amide bonds. The molecule has 5 heteroatoms. The van der Waals surface area contributed by atoms with Crippen molar-refractivity contribution in [2.45, 2.75) is 18.8 Å². The normalized spacial score (nSPS) is 15.1. The number of nitrogens with zero attached hydrogens (tertiary/aromatic N) is 4. The van der Waals surface area contributed by atoms with E-state index in [9.17, 15) is 5.26 Å². The van der Waals surface area contributed by atoms with Gasteiger partial charge in [-0.1, -0.05) is 30.3 Å². The topological polar surface area (TPSA) is 68.6 Å². The molecule has 0 unspecified atom stereocenters. The van der Waals surface area contributed by atoms with Gasteiger partial charge in [0.1, 0.15) is 11.9 Å². The number of nitriles is 1. The second-order valence-corrected chi connectivity index (χ2v) is 6.31. The summed E-state index contributed by atoms with van der Waals surface area (Å²) in [6, 6.07) is 16.3. The maximum atomic E-state index is 9.28. The van der Waals surface area contributed by atoms with Crippen LogP contribution in [0.3, 0.4) is 0 Å². The SMILES string of the molecule is N#Cc1cccnc1N1CCC(c2[nH]ncc2-c2ccccc2)CC1. The summed E-state index contributed by atoms with van der Waals surface area (Å²) in [6.07, 6.45) is 5.71. The number of aromatic amines is 1. The maximum Gasteiger partial charge on any atom is 0.146 e. The summed E-state index contributed by atoms with van der Waals surface area (Å²) in [5.74, 6) is 1.25. The van der Waals surface area contributed by atoms with Crippen LogP contribution < -0.4 is 4.90 Å². The van der Waals surface area contributed by atoms with Gasteiger partial charge in [0.05, 0.1) is 11.8 Å². The molecular formula is C20H19N5. The minimum atomic E-state index is 0.447. The van der Waals surface area contributed by atoms with Crippen LogP contribution in [-0.2, 0) is 0 Å². The molecule has 2 aromatic heterocycles. The number of piperidine rings is 1. The fraction of sp³-hybridized carbons (Fsp3) is 0.250. The minimum absolute atomic E-state index is 0.447. The van der Waals surface area contributed by atoms with Gasteiger partial charge in [0.15, 0.2) is 0 Å². The first-order chi connectivity index (χ1) is 12.4. The van der Waals surface area contributed by atoms with Crippen LogP contribution >= 0.6 is 0 Å². The average molecular weight is 329 g/mol. The number of nitrogens with one attached hydrogen (secondary N) is 1. The zero-order valence-electron chi connectivity index (χ0n) is 13.9. The molecular weight excluding hydrogens is 310 g/mol. The summed E-state index contributed by atoms with van der Waals surface area (Å²) in [7, 11) is 0. The lowest BCUT2D eigenvalue weighted by Crippen LogP contribution is -2.34. The molecule has 0 saturated carbocycles. The van der Waals surface area contributed by atoms with Gasteiger partial charge in [0.25, 0.3) is 0 Å². The van der Waals surface area contributed by atoms with Crippen LogP contribution in [0.5, 0.6) is 0 Å². The Hall–Kier alpha value is -3.13. The molecule has 0 spiro atoms. The van der Waals surface area contributed by atoms with E-state index in [2.05, 4.69) is 50.4 Å². The number of anilines is 1. The Morgan fingerprint density at radius 3 is 2.64 bits per heavy atom. The van der Waals surface area contributed by atoms with Gasteiger partial charge in [-0.2, -0.15) is 10.4 Å². The molecule has 1 saturated heterocycles. The number of hydrogen-bond donors (Lipinski definition) is 1. The van der Waals surface area contributed by atoms with Crippen molar-refractivity contribution in [2.24, 2.45) is 0 Å². The first-order valence-corrected chi connectivity index (χ1v) is 8.55. The Morgan fingerprint density at radius 1 is 1.08 bits per heavy atom. The molecule has 1 aromatic carbocycles. The van der Waals surface area contributed by atoms with Crippen LogP contribution in [0.25, 0.3) is 11.1 Å². The number of hydrogen-bond acceptors (Lipinski definition) is 4. The molecule has 1 N–H and O–H groups in total. The van der Waals surface area contributed by atoms with E-state index in [0.717, 1.165) is 31.7 Å². The molecule has 0 radical (unpaired) electrons. The lowest BCUT2D eigenvalue weighted by molar-refractivity contribution is 0.493. The highest BCUT2D eigenvalue weighted by Crippen LogP contribution is 2.35. The monoisotopic (exact) mass is 329 g/mol. The Kier molecular flexibility index (Phi) is 4.17. The summed E-state index contributed by atoms with van der Waals surface area (Å²) in [5.41, 5.74) is 4.25. The van der Waals surface area contributed by atoms with Gasteiger partial charge in [-0.05, 0) is 30.5 Å². The van der Waals surface area contributed by atoms with Crippen LogP contribution in [0.4, 0.5) is 5.82 Å². The van der Waals surface area contributed by atoms with E-state index in [1.54, 1.807) is 6.20 Å². The van der Waals surface area contributed by atoms with Crippen molar-refractivity contribution in [3.63, 3.8) is 0 Å². The first kappa shape index (κ1) is 15.4. The van der Waals surface area contributed by atoms with Crippen molar-refractivity contribution in [2.75, 3.05) is 18.0 Å². The zero-order chi connectivity index (χ0) is 17.1. The Balaban J connectivity index is 1.52. The number of H-pyrrole nitrogens is 1. The number of aromatic nitrogens is 3. The standard InChI is InChI=1S/C20H19N5/c21-13-17-7-4-10-22-20(17)25-11-8-16(9-12-25)19-18(14-23-24-19)15-5-2-1-3-6-15/h1-7,10,14,16H,8-9,11-12H2,(H,23,24). The van der Waals surface area contributed by atoms with Crippen molar-refractivity contribution in [3.8, 4) is 17.2 Å². The quantitative estimate of drug-likeness (QED) is 0.795. The van der Waals surface area contributed by atoms with Gasteiger partial charge in [0, 0.05) is 36.5 Å². The third-order valence-corrected chi connectivity index (χ3v) is 4.86. The molecule has 124 valence electrons. The molecule has 1 fully saturated rings. The van der Waals surface area contributed by atoms with E-state index in [4.69, 9.17) is 0 Å². The minimum Gasteiger partial charge on any atom is -0.355 e. The zero-order valence-corrected chi connectivity index (χ0v) is 13.9. The van der Waals surface area contributed by atoms with Gasteiger partial charge in [-0.15, -0.1) is 0 Å². The predicted molar refractivity (Wildman–Crippen MR) is 97.2 cm³/mol. The summed E-state index contributed by atoms with van der Waals surface area (Å²) >= 11 is 0. The van der Waals surface area contributed by atoms with Crippen molar-refractivity contribution >= 4 is 5.82 Å². The van der Waals surface area contributed by atoms with E-state index >= 15 is 0 Å². The van der Waals surface area contributed by atoms with Crippen molar-refractivity contribution in [1.29, 1.82) is 5.26 Å². The van der Waals surface area contributed by atoms with Crippen LogP contribution in [0, 0.1) is 11.3 Å². The fourth-order valence-corrected chi connectivity index (χ4v) is 3.57. The molecule has 1 aliphatic rings. The number of rotatable bonds is 3. The van der Waals surface area contributed by atoms with Crippen LogP contribution in [0.15, 0.2) is 54.9 Å². The van der Waals surface area contributed by atoms with Gasteiger partial charge >= 0.3 is 0 Å². The lowest BCUT2D eigenvalue weighted by atomic mass is 9.89. The van der Waals surface area contributed by atoms with Crippen molar-refractivity contribution in [1.82, 2.24) is 15.2 Å². The summed E-state index contributed by atoms with van der Waals surface area (Å²) in [4.78, 5) is 6.63. The second kappa shape index (κ2) is 6.78. The largest absolute Gasteiger partial charge is 0.355 e. The molecule has 25 heavy (non-hydrogen) atoms. The van der Waals surface area contributed by atoms with Gasteiger partial charge in [0.2, 0.25) is 0 Å². The van der Waals surface area contributed by atoms with Crippen LogP contribution in [0.1, 0.15) is 30.0 Å². The molecule has 0 aliphatic carbocycles. The molecule has 1 aliphatic heterocycles. The highest BCUT2D eigenvalue weighted by atomic mass is 15.2. The third-order valence-electron chi connectivity index (χ3n) is 4.86. The lowest BCUT2D eigenvalue weighted by Gasteiger charge is -2.33. The van der Waals surface area contributed by atoms with E-state index < -0.39 is 0 Å². The summed E-state index contributed by atoms with van der Waals surface area (Å²) in [5, 5.41) is 16.8. The van der Waals surface area contributed by atoms with Crippen molar-refractivity contribution in [3.05, 3.63) is 66.1 Å². The van der Waals surface area contributed by atoms with Crippen LogP contribution in [-0.4, -0.2) is 28.3 Å².